The Morgan fingerprint density at radius 3 is 2.59 bits per heavy atom. The molecule has 2 aliphatic rings. The first kappa shape index (κ1) is 26.7. The lowest BCUT2D eigenvalue weighted by Gasteiger charge is -2.47. The van der Waals surface area contributed by atoms with Gasteiger partial charge >= 0.3 is 6.18 Å². The van der Waals surface area contributed by atoms with Gasteiger partial charge in [0.2, 0.25) is 17.6 Å². The van der Waals surface area contributed by atoms with Gasteiger partial charge in [-0.25, -0.2) is 9.97 Å². The van der Waals surface area contributed by atoms with E-state index in [-0.39, 0.29) is 47.8 Å². The number of alkyl halides is 3. The topological polar surface area (TPSA) is 122 Å². The fourth-order valence-corrected chi connectivity index (χ4v) is 5.29. The molecule has 2 saturated heterocycles. The predicted molar refractivity (Wildman–Crippen MR) is 129 cm³/mol. The summed E-state index contributed by atoms with van der Waals surface area (Å²) in [5.74, 6) is -2.84. The van der Waals surface area contributed by atoms with Crippen LogP contribution >= 0.6 is 11.6 Å². The van der Waals surface area contributed by atoms with Gasteiger partial charge in [-0.1, -0.05) is 11.6 Å². The molecule has 4 N–H and O–H groups in total. The molecule has 14 heteroatoms. The van der Waals surface area contributed by atoms with Gasteiger partial charge in [0.1, 0.15) is 12.4 Å². The van der Waals surface area contributed by atoms with Crippen LogP contribution in [-0.4, -0.2) is 65.4 Å². The predicted octanol–water partition coefficient (Wildman–Crippen LogP) is 2.68. The number of nitrogen functional groups attached to an aromatic ring is 1. The Labute approximate surface area is 215 Å². The number of amides is 2. The van der Waals surface area contributed by atoms with E-state index in [1.807, 2.05) is 0 Å². The van der Waals surface area contributed by atoms with Crippen LogP contribution in [0.15, 0.2) is 24.5 Å². The average molecular weight is 544 g/mol. The first-order valence-corrected chi connectivity index (χ1v) is 12.0. The molecule has 2 fully saturated rings. The Morgan fingerprint density at radius 1 is 1.19 bits per heavy atom. The highest BCUT2D eigenvalue weighted by atomic mass is 35.5. The Balaban J connectivity index is 1.62. The van der Waals surface area contributed by atoms with Crippen molar-refractivity contribution in [3.8, 4) is 0 Å². The third-order valence-corrected chi connectivity index (χ3v) is 7.19. The Morgan fingerprint density at radius 2 is 1.92 bits per heavy atom. The number of nitrogens with zero attached hydrogens (tertiary/aromatic N) is 5. The average Bonchev–Trinajstić information content (AvgIpc) is 2.84. The zero-order chi connectivity index (χ0) is 27.1. The standard InChI is InChI=1S/C23H26ClF4N7O2/c1-33(14-8-12(23(26,27)28)7-13(24)9-14)16-3-2-5-35(22(16)37)17-10-34(6-4-15(17)20(30)36)21-18(25)19(29)31-11-32-21/h7-9,11,15-17H,2-6,10H2,1H3,(H2,30,36)(H2,29,31,32)/t15-,16+,17-/m0/s1. The van der Waals surface area contributed by atoms with Crippen molar-refractivity contribution >= 4 is 40.7 Å². The van der Waals surface area contributed by atoms with Crippen molar-refractivity contribution in [2.24, 2.45) is 11.7 Å². The molecular weight excluding hydrogens is 518 g/mol. The second kappa shape index (κ2) is 10.2. The van der Waals surface area contributed by atoms with Crippen LogP contribution in [0.1, 0.15) is 24.8 Å². The summed E-state index contributed by atoms with van der Waals surface area (Å²) in [6, 6.07) is 1.62. The van der Waals surface area contributed by atoms with Crippen LogP contribution < -0.4 is 21.3 Å². The Bertz CT molecular complexity index is 1200. The number of rotatable bonds is 5. The van der Waals surface area contributed by atoms with Gasteiger partial charge in [0.05, 0.1) is 17.5 Å². The molecule has 37 heavy (non-hydrogen) atoms. The van der Waals surface area contributed by atoms with E-state index in [0.29, 0.717) is 19.4 Å². The van der Waals surface area contributed by atoms with Gasteiger partial charge in [0.25, 0.3) is 0 Å². The summed E-state index contributed by atoms with van der Waals surface area (Å²) >= 11 is 5.95. The molecule has 3 heterocycles. The summed E-state index contributed by atoms with van der Waals surface area (Å²) in [6.07, 6.45) is -2.32. The minimum atomic E-state index is -4.61. The number of hydrogen-bond donors (Lipinski definition) is 2. The number of halogens is 5. The van der Waals surface area contributed by atoms with Gasteiger partial charge in [0, 0.05) is 37.4 Å². The van der Waals surface area contributed by atoms with Gasteiger partial charge in [-0.05, 0) is 37.5 Å². The zero-order valence-corrected chi connectivity index (χ0v) is 20.6. The van der Waals surface area contributed by atoms with E-state index in [1.54, 1.807) is 4.90 Å². The summed E-state index contributed by atoms with van der Waals surface area (Å²) in [4.78, 5) is 38.1. The van der Waals surface area contributed by atoms with E-state index < -0.39 is 41.5 Å². The number of piperidine rings is 2. The van der Waals surface area contributed by atoms with Crippen LogP contribution in [0.3, 0.4) is 0 Å². The summed E-state index contributed by atoms with van der Waals surface area (Å²) in [5.41, 5.74) is 10.4. The van der Waals surface area contributed by atoms with Crippen LogP contribution in [-0.2, 0) is 15.8 Å². The number of hydrogen-bond acceptors (Lipinski definition) is 7. The molecular formula is C23H26ClF4N7O2. The summed E-state index contributed by atoms with van der Waals surface area (Å²) < 4.78 is 54.6. The maximum absolute atomic E-state index is 14.6. The zero-order valence-electron chi connectivity index (χ0n) is 19.9. The van der Waals surface area contributed by atoms with Gasteiger partial charge in [-0.3, -0.25) is 9.59 Å². The van der Waals surface area contributed by atoms with Crippen molar-refractivity contribution < 1.29 is 27.2 Å². The largest absolute Gasteiger partial charge is 0.416 e. The second-order valence-electron chi connectivity index (χ2n) is 9.20. The lowest BCUT2D eigenvalue weighted by Crippen LogP contribution is -2.62. The number of nitrogens with two attached hydrogens (primary N) is 2. The molecule has 0 unspecified atom stereocenters. The molecule has 0 bridgehead atoms. The van der Waals surface area contributed by atoms with Gasteiger partial charge in [0.15, 0.2) is 11.6 Å². The summed E-state index contributed by atoms with van der Waals surface area (Å²) in [6.45, 7) is 0.632. The maximum Gasteiger partial charge on any atom is 0.416 e. The van der Waals surface area contributed by atoms with Crippen LogP contribution in [0.2, 0.25) is 5.02 Å². The molecule has 0 radical (unpaired) electrons. The highest BCUT2D eigenvalue weighted by Crippen LogP contribution is 2.36. The van der Waals surface area contributed by atoms with Crippen molar-refractivity contribution in [2.45, 2.75) is 37.5 Å². The smallest absolute Gasteiger partial charge is 0.381 e. The third-order valence-electron chi connectivity index (χ3n) is 6.97. The van der Waals surface area contributed by atoms with Crippen molar-refractivity contribution in [3.63, 3.8) is 0 Å². The SMILES string of the molecule is CN(c1cc(Cl)cc(C(F)(F)F)c1)[C@@H]1CCCN([C@H]2CN(c3ncnc(N)c3F)CC[C@@H]2C(N)=O)C1=O. The molecule has 1 aromatic carbocycles. The van der Waals surface area contributed by atoms with Crippen molar-refractivity contribution in [2.75, 3.05) is 42.2 Å². The van der Waals surface area contributed by atoms with Crippen LogP contribution in [0.5, 0.6) is 0 Å². The molecule has 2 aromatic rings. The fraction of sp³-hybridized carbons (Fsp3) is 0.478. The lowest BCUT2D eigenvalue weighted by molar-refractivity contribution is -0.141. The normalized spacial score (nSPS) is 22.8. The number of carbonyl (C=O) groups is 2. The van der Waals surface area contributed by atoms with E-state index in [1.165, 1.54) is 22.9 Å². The highest BCUT2D eigenvalue weighted by molar-refractivity contribution is 6.31. The maximum atomic E-state index is 14.6. The quantitative estimate of drug-likeness (QED) is 0.556. The molecule has 2 aliphatic heterocycles. The Hall–Kier alpha value is -3.35. The van der Waals surface area contributed by atoms with Crippen LogP contribution in [0, 0.1) is 11.7 Å². The fourth-order valence-electron chi connectivity index (χ4n) is 5.06. The Kier molecular flexibility index (Phi) is 7.36. The van der Waals surface area contributed by atoms with E-state index in [9.17, 15) is 27.2 Å². The minimum absolute atomic E-state index is 0.0443. The minimum Gasteiger partial charge on any atom is -0.381 e. The van der Waals surface area contributed by atoms with Crippen molar-refractivity contribution in [3.05, 3.63) is 40.9 Å². The molecule has 0 aliphatic carbocycles. The van der Waals surface area contributed by atoms with E-state index in [4.69, 9.17) is 23.1 Å². The first-order chi connectivity index (χ1) is 17.4. The molecule has 200 valence electrons. The molecule has 3 atom stereocenters. The molecule has 4 rings (SSSR count). The number of aromatic nitrogens is 2. The molecule has 0 saturated carbocycles. The van der Waals surface area contributed by atoms with Gasteiger partial charge in [-0.2, -0.15) is 17.6 Å². The summed E-state index contributed by atoms with van der Waals surface area (Å²) in [7, 11) is 1.52. The second-order valence-corrected chi connectivity index (χ2v) is 9.64. The van der Waals surface area contributed by atoms with Gasteiger partial charge in [-0.15, -0.1) is 0 Å². The molecule has 2 amide bonds. The van der Waals surface area contributed by atoms with Gasteiger partial charge < -0.3 is 26.2 Å². The summed E-state index contributed by atoms with van der Waals surface area (Å²) in [5, 5.41) is -0.111. The highest BCUT2D eigenvalue weighted by Gasteiger charge is 2.44. The number of anilines is 3. The van der Waals surface area contributed by atoms with Crippen LogP contribution in [0.4, 0.5) is 34.9 Å². The van der Waals surface area contributed by atoms with E-state index >= 15 is 0 Å². The van der Waals surface area contributed by atoms with Crippen LogP contribution in [0.25, 0.3) is 0 Å². The molecule has 0 spiro atoms. The third kappa shape index (κ3) is 5.36. The number of benzene rings is 1. The van der Waals surface area contributed by atoms with E-state index in [2.05, 4.69) is 9.97 Å². The first-order valence-electron chi connectivity index (χ1n) is 11.6. The number of likely N-dealkylation sites (tertiary alicyclic amines) is 1. The van der Waals surface area contributed by atoms with E-state index in [0.717, 1.165) is 18.5 Å². The molecule has 9 nitrogen and oxygen atoms in total. The number of primary amides is 1. The molecule has 1 aromatic heterocycles. The van der Waals surface area contributed by atoms with Crippen molar-refractivity contribution in [1.82, 2.24) is 14.9 Å². The number of likely N-dealkylation sites (N-methyl/N-ethyl adjacent to an activating group) is 1. The number of carbonyl (C=O) groups excluding carboxylic acids is 2. The van der Waals surface area contributed by atoms with Crippen molar-refractivity contribution in [1.29, 1.82) is 0 Å². The monoisotopic (exact) mass is 543 g/mol. The lowest BCUT2D eigenvalue weighted by atomic mass is 9.87.